The largest absolute Gasteiger partial charge is 0.378 e. The summed E-state index contributed by atoms with van der Waals surface area (Å²) in [5.74, 6) is 0.533. The first-order valence-electron chi connectivity index (χ1n) is 5.55. The van der Waals surface area contributed by atoms with Gasteiger partial charge >= 0.3 is 0 Å². The molecular formula is C14H21N. The van der Waals surface area contributed by atoms with Gasteiger partial charge in [-0.25, -0.2) is 0 Å². The van der Waals surface area contributed by atoms with Gasteiger partial charge in [-0.1, -0.05) is 50.8 Å². The average molecular weight is 203 g/mol. The van der Waals surface area contributed by atoms with E-state index < -0.39 is 0 Å². The predicted molar refractivity (Wildman–Crippen MR) is 66.8 cm³/mol. The molecule has 0 amide bonds. The molecular weight excluding hydrogens is 182 g/mol. The van der Waals surface area contributed by atoms with E-state index in [9.17, 15) is 0 Å². The summed E-state index contributed by atoms with van der Waals surface area (Å²) in [7, 11) is 2.12. The van der Waals surface area contributed by atoms with Crippen LogP contribution < -0.4 is 0 Å². The summed E-state index contributed by atoms with van der Waals surface area (Å²) in [5, 5.41) is 0. The van der Waals surface area contributed by atoms with E-state index in [4.69, 9.17) is 0 Å². The van der Waals surface area contributed by atoms with E-state index in [2.05, 4.69) is 62.7 Å². The number of likely N-dealkylation sites (N-methyl/N-ethyl adjacent to an activating group) is 1. The van der Waals surface area contributed by atoms with Gasteiger partial charge in [0.2, 0.25) is 0 Å². The Kier molecular flexibility index (Phi) is 4.41. The Morgan fingerprint density at radius 1 is 1.27 bits per heavy atom. The van der Waals surface area contributed by atoms with Crippen molar-refractivity contribution in [3.8, 4) is 0 Å². The van der Waals surface area contributed by atoms with Gasteiger partial charge in [0.05, 0.1) is 0 Å². The molecule has 0 aliphatic rings. The first-order chi connectivity index (χ1) is 7.11. The van der Waals surface area contributed by atoms with Crippen molar-refractivity contribution in [3.63, 3.8) is 0 Å². The van der Waals surface area contributed by atoms with Gasteiger partial charge in [0.25, 0.3) is 0 Å². The zero-order valence-corrected chi connectivity index (χ0v) is 10.0. The Morgan fingerprint density at radius 2 is 1.87 bits per heavy atom. The van der Waals surface area contributed by atoms with Gasteiger partial charge in [0.15, 0.2) is 0 Å². The van der Waals surface area contributed by atoms with Crippen molar-refractivity contribution < 1.29 is 0 Å². The minimum Gasteiger partial charge on any atom is -0.378 e. The maximum absolute atomic E-state index is 4.09. The van der Waals surface area contributed by atoms with Crippen LogP contribution >= 0.6 is 0 Å². The van der Waals surface area contributed by atoms with E-state index in [0.29, 0.717) is 5.92 Å². The van der Waals surface area contributed by atoms with Crippen LogP contribution in [-0.2, 0) is 6.42 Å². The molecule has 1 nitrogen and oxygen atoms in total. The Morgan fingerprint density at radius 3 is 2.40 bits per heavy atom. The van der Waals surface area contributed by atoms with Gasteiger partial charge in [-0.05, 0) is 17.9 Å². The fraction of sp³-hybridized carbons (Fsp3) is 0.429. The van der Waals surface area contributed by atoms with E-state index in [-0.39, 0.29) is 0 Å². The highest BCUT2D eigenvalue weighted by atomic mass is 15.1. The lowest BCUT2D eigenvalue weighted by atomic mass is 10.1. The quantitative estimate of drug-likeness (QED) is 0.709. The lowest BCUT2D eigenvalue weighted by Gasteiger charge is -2.24. The zero-order valence-electron chi connectivity index (χ0n) is 10.0. The van der Waals surface area contributed by atoms with Crippen LogP contribution in [0.15, 0.2) is 42.6 Å². The summed E-state index contributed by atoms with van der Waals surface area (Å²) < 4.78 is 0. The molecule has 0 aliphatic heterocycles. The molecule has 0 saturated heterocycles. The molecule has 0 aromatic heterocycles. The van der Waals surface area contributed by atoms with Crippen LogP contribution in [0.5, 0.6) is 0 Å². The van der Waals surface area contributed by atoms with Crippen molar-refractivity contribution in [1.29, 1.82) is 0 Å². The normalized spacial score (nSPS) is 10.4. The minimum absolute atomic E-state index is 0.533. The van der Waals surface area contributed by atoms with Gasteiger partial charge in [-0.3, -0.25) is 0 Å². The molecule has 0 spiro atoms. The average Bonchev–Trinajstić information content (AvgIpc) is 2.26. The number of rotatable bonds is 5. The highest BCUT2D eigenvalue weighted by molar-refractivity contribution is 5.15. The zero-order chi connectivity index (χ0) is 11.3. The van der Waals surface area contributed by atoms with E-state index >= 15 is 0 Å². The molecule has 82 valence electrons. The highest BCUT2D eigenvalue weighted by Crippen LogP contribution is 2.11. The number of allylic oxidation sites excluding steroid dienone is 1. The first-order valence-corrected chi connectivity index (χ1v) is 5.55. The second-order valence-corrected chi connectivity index (χ2v) is 4.30. The van der Waals surface area contributed by atoms with Crippen molar-refractivity contribution in [1.82, 2.24) is 4.90 Å². The molecule has 1 aromatic carbocycles. The molecule has 0 heterocycles. The van der Waals surface area contributed by atoms with Crippen LogP contribution in [0.2, 0.25) is 0 Å². The number of nitrogens with zero attached hydrogens (tertiary/aromatic N) is 1. The molecule has 0 N–H and O–H groups in total. The number of benzene rings is 1. The summed E-state index contributed by atoms with van der Waals surface area (Å²) in [6, 6.07) is 10.6. The van der Waals surface area contributed by atoms with Gasteiger partial charge in [0.1, 0.15) is 0 Å². The van der Waals surface area contributed by atoms with Crippen molar-refractivity contribution >= 4 is 0 Å². The number of hydrogen-bond donors (Lipinski definition) is 0. The SMILES string of the molecule is C=C(C(C)C)N(C)CCc1ccccc1. The maximum atomic E-state index is 4.09. The summed E-state index contributed by atoms with van der Waals surface area (Å²) in [6.07, 6.45) is 1.09. The van der Waals surface area contributed by atoms with Crippen molar-refractivity contribution in [2.45, 2.75) is 20.3 Å². The fourth-order valence-corrected chi connectivity index (χ4v) is 1.53. The van der Waals surface area contributed by atoms with Gasteiger partial charge in [-0.15, -0.1) is 0 Å². The molecule has 0 bridgehead atoms. The smallest absolute Gasteiger partial charge is 0.0212 e. The molecule has 15 heavy (non-hydrogen) atoms. The summed E-state index contributed by atoms with van der Waals surface area (Å²) in [4.78, 5) is 2.25. The van der Waals surface area contributed by atoms with Crippen LogP contribution in [0.3, 0.4) is 0 Å². The predicted octanol–water partition coefficient (Wildman–Crippen LogP) is 3.33. The van der Waals surface area contributed by atoms with Crippen molar-refractivity contribution in [3.05, 3.63) is 48.2 Å². The van der Waals surface area contributed by atoms with E-state index in [1.807, 2.05) is 0 Å². The minimum atomic E-state index is 0.533. The molecule has 0 atom stereocenters. The summed E-state index contributed by atoms with van der Waals surface area (Å²) in [6.45, 7) is 9.50. The standard InChI is InChI=1S/C14H21N/c1-12(2)13(3)15(4)11-10-14-8-6-5-7-9-14/h5-9,12H,3,10-11H2,1-2,4H3. The van der Waals surface area contributed by atoms with Crippen molar-refractivity contribution in [2.24, 2.45) is 5.92 Å². The molecule has 1 aromatic rings. The van der Waals surface area contributed by atoms with Crippen LogP contribution in [0.1, 0.15) is 19.4 Å². The van der Waals surface area contributed by atoms with Gasteiger partial charge < -0.3 is 4.90 Å². The van der Waals surface area contributed by atoms with E-state index in [1.54, 1.807) is 0 Å². The Labute approximate surface area is 93.4 Å². The van der Waals surface area contributed by atoms with E-state index in [1.165, 1.54) is 11.3 Å². The third-order valence-electron chi connectivity index (χ3n) is 2.74. The Hall–Kier alpha value is -1.24. The highest BCUT2D eigenvalue weighted by Gasteiger charge is 2.05. The van der Waals surface area contributed by atoms with Crippen LogP contribution in [0, 0.1) is 5.92 Å². The second-order valence-electron chi connectivity index (χ2n) is 4.30. The molecule has 0 aliphatic carbocycles. The third-order valence-corrected chi connectivity index (χ3v) is 2.74. The monoisotopic (exact) mass is 203 g/mol. The van der Waals surface area contributed by atoms with Crippen LogP contribution in [-0.4, -0.2) is 18.5 Å². The third kappa shape index (κ3) is 3.78. The fourth-order valence-electron chi connectivity index (χ4n) is 1.53. The molecule has 0 unspecified atom stereocenters. The second kappa shape index (κ2) is 5.59. The van der Waals surface area contributed by atoms with Gasteiger partial charge in [0, 0.05) is 19.3 Å². The topological polar surface area (TPSA) is 3.24 Å². The first kappa shape index (κ1) is 11.8. The lowest BCUT2D eigenvalue weighted by Crippen LogP contribution is -2.22. The van der Waals surface area contributed by atoms with E-state index in [0.717, 1.165) is 13.0 Å². The molecule has 1 rings (SSSR count). The van der Waals surface area contributed by atoms with Crippen LogP contribution in [0.4, 0.5) is 0 Å². The molecule has 0 saturated carbocycles. The Balaban J connectivity index is 2.41. The summed E-state index contributed by atoms with van der Waals surface area (Å²) in [5.41, 5.74) is 2.60. The van der Waals surface area contributed by atoms with Gasteiger partial charge in [-0.2, -0.15) is 0 Å². The lowest BCUT2D eigenvalue weighted by molar-refractivity contribution is 0.380. The molecule has 0 radical (unpaired) electrons. The Bertz CT molecular complexity index is 300. The molecule has 0 fully saturated rings. The molecule has 1 heteroatoms. The maximum Gasteiger partial charge on any atom is 0.0212 e. The van der Waals surface area contributed by atoms with Crippen LogP contribution in [0.25, 0.3) is 0 Å². The number of hydrogen-bond acceptors (Lipinski definition) is 1. The summed E-state index contributed by atoms with van der Waals surface area (Å²) >= 11 is 0. The van der Waals surface area contributed by atoms with Crippen molar-refractivity contribution in [2.75, 3.05) is 13.6 Å².